The average Bonchev–Trinajstić information content (AvgIpc) is 2.30. The first-order valence-corrected chi connectivity index (χ1v) is 6.90. The molecule has 19 heavy (non-hydrogen) atoms. The number of amides is 1. The van der Waals surface area contributed by atoms with Gasteiger partial charge in [0.2, 0.25) is 5.91 Å². The van der Waals surface area contributed by atoms with Crippen LogP contribution in [0.2, 0.25) is 0 Å². The van der Waals surface area contributed by atoms with E-state index in [-0.39, 0.29) is 12.1 Å². The minimum Gasteiger partial charge on any atom is -0.326 e. The number of anilines is 1. The van der Waals surface area contributed by atoms with E-state index in [4.69, 9.17) is 11.6 Å². The highest BCUT2D eigenvalue weighted by Gasteiger charge is 2.34. The molecule has 0 bridgehead atoms. The minimum atomic E-state index is -4.51. The van der Waals surface area contributed by atoms with Gasteiger partial charge in [0.1, 0.15) is 0 Å². The summed E-state index contributed by atoms with van der Waals surface area (Å²) in [5.41, 5.74) is -1.10. The molecule has 1 N–H and O–H groups in total. The Hall–Kier alpha value is -0.750. The lowest BCUT2D eigenvalue weighted by Crippen LogP contribution is -2.16. The Morgan fingerprint density at radius 2 is 2.00 bits per heavy atom. The van der Waals surface area contributed by atoms with Crippen LogP contribution >= 0.6 is 27.5 Å². The first-order chi connectivity index (χ1) is 8.84. The lowest BCUT2D eigenvalue weighted by molar-refractivity contribution is -0.137. The van der Waals surface area contributed by atoms with Gasteiger partial charge in [-0.1, -0.05) is 15.9 Å². The number of carbonyl (C=O) groups is 1. The van der Waals surface area contributed by atoms with Crippen molar-refractivity contribution in [3.63, 3.8) is 0 Å². The maximum atomic E-state index is 12.8. The highest BCUT2D eigenvalue weighted by molar-refractivity contribution is 9.10. The second kappa shape index (κ2) is 7.14. The van der Waals surface area contributed by atoms with E-state index in [0.717, 1.165) is 6.07 Å². The molecular weight excluding hydrogens is 346 g/mol. The molecule has 1 aromatic rings. The van der Waals surface area contributed by atoms with Crippen LogP contribution in [0, 0.1) is 0 Å². The summed E-state index contributed by atoms with van der Waals surface area (Å²) in [6.45, 7) is 0. The second-order valence-electron chi connectivity index (χ2n) is 3.88. The van der Waals surface area contributed by atoms with Crippen LogP contribution in [-0.4, -0.2) is 11.8 Å². The van der Waals surface area contributed by atoms with Crippen LogP contribution in [0.1, 0.15) is 24.8 Å². The molecule has 0 heterocycles. The highest BCUT2D eigenvalue weighted by Crippen LogP contribution is 2.36. The zero-order valence-electron chi connectivity index (χ0n) is 9.86. The molecule has 7 heteroatoms. The van der Waals surface area contributed by atoms with Crippen LogP contribution in [0.4, 0.5) is 18.9 Å². The molecule has 0 aliphatic heterocycles. The summed E-state index contributed by atoms with van der Waals surface area (Å²) >= 11 is 8.44. The van der Waals surface area contributed by atoms with Crippen LogP contribution in [0.5, 0.6) is 0 Å². The Labute approximate surface area is 122 Å². The first kappa shape index (κ1) is 16.3. The van der Waals surface area contributed by atoms with Crippen molar-refractivity contribution in [1.29, 1.82) is 0 Å². The third kappa shape index (κ3) is 5.40. The Kier molecular flexibility index (Phi) is 6.13. The van der Waals surface area contributed by atoms with Crippen molar-refractivity contribution in [3.05, 3.63) is 28.2 Å². The number of hydrogen-bond donors (Lipinski definition) is 1. The van der Waals surface area contributed by atoms with Gasteiger partial charge in [0, 0.05) is 16.8 Å². The van der Waals surface area contributed by atoms with Crippen LogP contribution in [-0.2, 0) is 11.0 Å². The number of alkyl halides is 4. The fourth-order valence-corrected chi connectivity index (χ4v) is 2.00. The van der Waals surface area contributed by atoms with Gasteiger partial charge in [-0.25, -0.2) is 0 Å². The first-order valence-electron chi connectivity index (χ1n) is 5.57. The van der Waals surface area contributed by atoms with E-state index in [2.05, 4.69) is 21.2 Å². The van der Waals surface area contributed by atoms with Gasteiger partial charge in [-0.15, -0.1) is 11.6 Å². The molecule has 0 fully saturated rings. The van der Waals surface area contributed by atoms with Gasteiger partial charge in [0.05, 0.1) is 11.3 Å². The van der Waals surface area contributed by atoms with E-state index >= 15 is 0 Å². The molecule has 1 amide bonds. The normalized spacial score (nSPS) is 11.4. The number of benzene rings is 1. The predicted molar refractivity (Wildman–Crippen MR) is 72.3 cm³/mol. The Morgan fingerprint density at radius 1 is 1.32 bits per heavy atom. The monoisotopic (exact) mass is 357 g/mol. The molecular formula is C12H12BrClF3NO. The minimum absolute atomic E-state index is 0.153. The third-order valence-corrected chi connectivity index (χ3v) is 3.11. The molecule has 1 rings (SSSR count). The number of rotatable bonds is 5. The quantitative estimate of drug-likeness (QED) is 0.593. The molecule has 0 aliphatic rings. The molecule has 0 radical (unpaired) electrons. The van der Waals surface area contributed by atoms with E-state index in [1.54, 1.807) is 0 Å². The van der Waals surface area contributed by atoms with Crippen molar-refractivity contribution in [3.8, 4) is 0 Å². The predicted octanol–water partition coefficient (Wildman–Crippen LogP) is 4.82. The zero-order chi connectivity index (χ0) is 14.5. The number of hydrogen-bond acceptors (Lipinski definition) is 1. The van der Waals surface area contributed by atoms with E-state index in [1.807, 2.05) is 0 Å². The summed E-state index contributed by atoms with van der Waals surface area (Å²) < 4.78 is 38.7. The number of nitrogens with one attached hydrogen (secondary N) is 1. The van der Waals surface area contributed by atoms with Gasteiger partial charge < -0.3 is 5.32 Å². The fraction of sp³-hybridized carbons (Fsp3) is 0.417. The molecule has 2 nitrogen and oxygen atoms in total. The Bertz CT molecular complexity index is 451. The van der Waals surface area contributed by atoms with Gasteiger partial charge in [0.25, 0.3) is 0 Å². The van der Waals surface area contributed by atoms with Gasteiger partial charge in [-0.3, -0.25) is 4.79 Å². The summed E-state index contributed by atoms with van der Waals surface area (Å²) in [5.74, 6) is -0.0164. The lowest BCUT2D eigenvalue weighted by atomic mass is 10.1. The summed E-state index contributed by atoms with van der Waals surface area (Å²) in [6, 6.07) is 3.62. The van der Waals surface area contributed by atoms with Crippen LogP contribution in [0.3, 0.4) is 0 Å². The highest BCUT2D eigenvalue weighted by atomic mass is 79.9. The zero-order valence-corrected chi connectivity index (χ0v) is 12.2. The molecule has 106 valence electrons. The topological polar surface area (TPSA) is 29.1 Å². The average molecular weight is 359 g/mol. The van der Waals surface area contributed by atoms with E-state index in [1.165, 1.54) is 12.1 Å². The van der Waals surface area contributed by atoms with Crippen molar-refractivity contribution in [1.82, 2.24) is 0 Å². The van der Waals surface area contributed by atoms with Crippen molar-refractivity contribution < 1.29 is 18.0 Å². The van der Waals surface area contributed by atoms with E-state index in [0.29, 0.717) is 23.2 Å². The van der Waals surface area contributed by atoms with Crippen molar-refractivity contribution in [2.24, 2.45) is 0 Å². The van der Waals surface area contributed by atoms with Crippen molar-refractivity contribution >= 4 is 39.1 Å². The van der Waals surface area contributed by atoms with Crippen molar-refractivity contribution in [2.45, 2.75) is 25.4 Å². The molecule has 0 saturated heterocycles. The summed E-state index contributed by atoms with van der Waals surface area (Å²) in [4.78, 5) is 11.5. The Balaban J connectivity index is 2.80. The van der Waals surface area contributed by atoms with Gasteiger partial charge in [-0.2, -0.15) is 13.2 Å². The summed E-state index contributed by atoms with van der Waals surface area (Å²) in [7, 11) is 0. The van der Waals surface area contributed by atoms with Crippen molar-refractivity contribution in [2.75, 3.05) is 11.2 Å². The summed E-state index contributed by atoms with van der Waals surface area (Å²) in [5, 5.41) is 2.28. The summed E-state index contributed by atoms with van der Waals surface area (Å²) in [6.07, 6.45) is -3.16. The molecule has 0 unspecified atom stereocenters. The van der Waals surface area contributed by atoms with Crippen LogP contribution in [0.15, 0.2) is 22.7 Å². The number of unbranched alkanes of at least 4 members (excludes halogenated alkanes) is 1. The Morgan fingerprint density at radius 3 is 2.58 bits per heavy atom. The lowest BCUT2D eigenvalue weighted by Gasteiger charge is -2.14. The molecule has 0 saturated carbocycles. The van der Waals surface area contributed by atoms with Crippen LogP contribution in [0.25, 0.3) is 0 Å². The second-order valence-corrected chi connectivity index (χ2v) is 5.18. The number of carbonyl (C=O) groups excluding carboxylic acids is 1. The van der Waals surface area contributed by atoms with Gasteiger partial charge in [0.15, 0.2) is 0 Å². The fourth-order valence-electron chi connectivity index (χ4n) is 1.45. The molecule has 1 aromatic carbocycles. The largest absolute Gasteiger partial charge is 0.418 e. The SMILES string of the molecule is O=C(CCCCCl)Nc1ccc(Br)cc1C(F)(F)F. The molecule has 0 spiro atoms. The maximum Gasteiger partial charge on any atom is 0.418 e. The van der Waals surface area contributed by atoms with E-state index in [9.17, 15) is 18.0 Å². The maximum absolute atomic E-state index is 12.8. The van der Waals surface area contributed by atoms with Crippen LogP contribution < -0.4 is 5.32 Å². The van der Waals surface area contributed by atoms with Gasteiger partial charge >= 0.3 is 6.18 Å². The van der Waals surface area contributed by atoms with Gasteiger partial charge in [-0.05, 0) is 31.0 Å². The standard InChI is InChI=1S/C12H12BrClF3NO/c13-8-4-5-10(9(7-8)12(15,16)17)18-11(19)3-1-2-6-14/h4-5,7H,1-3,6H2,(H,18,19). The third-order valence-electron chi connectivity index (χ3n) is 2.35. The smallest absolute Gasteiger partial charge is 0.326 e. The number of halogens is 5. The molecule has 0 aliphatic carbocycles. The molecule has 0 atom stereocenters. The van der Waals surface area contributed by atoms with E-state index < -0.39 is 17.6 Å². The molecule has 0 aromatic heterocycles.